The van der Waals surface area contributed by atoms with E-state index in [9.17, 15) is 0 Å². The maximum absolute atomic E-state index is 7.02. The summed E-state index contributed by atoms with van der Waals surface area (Å²) in [7, 11) is 2.01. The van der Waals surface area contributed by atoms with Crippen LogP contribution in [0.1, 0.15) is 0 Å². The fourth-order valence-corrected chi connectivity index (χ4v) is 2.43. The zero-order valence-electron chi connectivity index (χ0n) is 10.4. The van der Waals surface area contributed by atoms with E-state index in [1.807, 2.05) is 17.9 Å². The summed E-state index contributed by atoms with van der Waals surface area (Å²) in [6.07, 6.45) is 1.85. The van der Waals surface area contributed by atoms with E-state index in [0.717, 1.165) is 37.2 Å². The average molecular weight is 241 g/mol. The fourth-order valence-electron chi connectivity index (χ4n) is 2.43. The standard InChI is InChI=1S/C13H15N5/c1-14-18-8-6-17(7-9-18)12-5-3-4-11-13(12)15-10-16(11)2/h3-5,10H,6-9H2,2H3. The van der Waals surface area contributed by atoms with Crippen LogP contribution in [-0.4, -0.2) is 40.7 Å². The van der Waals surface area contributed by atoms with E-state index >= 15 is 0 Å². The van der Waals surface area contributed by atoms with Crippen LogP contribution in [0.4, 0.5) is 5.69 Å². The number of para-hydroxylation sites is 1. The summed E-state index contributed by atoms with van der Waals surface area (Å²) < 4.78 is 2.04. The Morgan fingerprint density at radius 1 is 1.22 bits per heavy atom. The smallest absolute Gasteiger partial charge is 0.112 e. The molecule has 0 aliphatic carbocycles. The number of rotatable bonds is 1. The highest BCUT2D eigenvalue weighted by molar-refractivity contribution is 5.89. The minimum Gasteiger partial charge on any atom is -0.366 e. The van der Waals surface area contributed by atoms with E-state index in [-0.39, 0.29) is 0 Å². The second kappa shape index (κ2) is 4.22. The highest BCUT2D eigenvalue weighted by Crippen LogP contribution is 2.26. The highest BCUT2D eigenvalue weighted by Gasteiger charge is 2.21. The predicted octanol–water partition coefficient (Wildman–Crippen LogP) is 1.53. The van der Waals surface area contributed by atoms with Gasteiger partial charge in [0.2, 0.25) is 0 Å². The van der Waals surface area contributed by atoms with Crippen molar-refractivity contribution in [1.82, 2.24) is 14.6 Å². The summed E-state index contributed by atoms with van der Waals surface area (Å²) in [6.45, 7) is 10.4. The van der Waals surface area contributed by atoms with Gasteiger partial charge in [0.05, 0.1) is 17.5 Å². The van der Waals surface area contributed by atoms with E-state index in [0.29, 0.717) is 0 Å². The predicted molar refractivity (Wildman–Crippen MR) is 71.1 cm³/mol. The van der Waals surface area contributed by atoms with Gasteiger partial charge in [0.15, 0.2) is 0 Å². The topological polar surface area (TPSA) is 28.7 Å². The molecule has 1 aromatic heterocycles. The quantitative estimate of drug-likeness (QED) is 0.709. The molecule has 0 N–H and O–H groups in total. The normalized spacial score (nSPS) is 16.0. The number of benzene rings is 1. The van der Waals surface area contributed by atoms with Crippen molar-refractivity contribution >= 4 is 16.7 Å². The first-order valence-corrected chi connectivity index (χ1v) is 6.07. The van der Waals surface area contributed by atoms with Crippen LogP contribution >= 0.6 is 0 Å². The zero-order chi connectivity index (χ0) is 12.5. The first kappa shape index (κ1) is 10.9. The molecule has 1 aliphatic rings. The van der Waals surface area contributed by atoms with Gasteiger partial charge in [-0.1, -0.05) is 6.07 Å². The number of aryl methyl sites for hydroxylation is 1. The van der Waals surface area contributed by atoms with E-state index in [1.165, 1.54) is 5.69 Å². The number of hydrogen-bond donors (Lipinski definition) is 0. The Balaban J connectivity index is 1.94. The third-order valence-corrected chi connectivity index (χ3v) is 3.47. The summed E-state index contributed by atoms with van der Waals surface area (Å²) in [5.41, 5.74) is 3.38. The number of piperazine rings is 1. The lowest BCUT2D eigenvalue weighted by Crippen LogP contribution is -2.43. The van der Waals surface area contributed by atoms with Crippen molar-refractivity contribution in [3.05, 3.63) is 36.1 Å². The van der Waals surface area contributed by atoms with Crippen molar-refractivity contribution < 1.29 is 0 Å². The van der Waals surface area contributed by atoms with Crippen LogP contribution in [0.25, 0.3) is 16.0 Å². The van der Waals surface area contributed by atoms with Gasteiger partial charge in [0.25, 0.3) is 0 Å². The summed E-state index contributed by atoms with van der Waals surface area (Å²) in [4.78, 5) is 10.3. The monoisotopic (exact) mass is 241 g/mol. The van der Waals surface area contributed by atoms with E-state index in [4.69, 9.17) is 6.57 Å². The maximum atomic E-state index is 7.02. The summed E-state index contributed by atoms with van der Waals surface area (Å²) in [6, 6.07) is 6.27. The van der Waals surface area contributed by atoms with Crippen LogP contribution in [0.3, 0.4) is 0 Å². The lowest BCUT2D eigenvalue weighted by molar-refractivity contribution is 0.344. The SMILES string of the molecule is [C-]#[N+]N1CCN(c2cccc3c2ncn3C)CC1. The van der Waals surface area contributed by atoms with Gasteiger partial charge in [0, 0.05) is 20.1 Å². The Morgan fingerprint density at radius 3 is 2.72 bits per heavy atom. The van der Waals surface area contributed by atoms with Gasteiger partial charge in [-0.2, -0.15) is 11.5 Å². The number of fused-ring (bicyclic) bond motifs is 1. The van der Waals surface area contributed by atoms with Crippen molar-refractivity contribution in [1.29, 1.82) is 0 Å². The molecule has 5 heteroatoms. The summed E-state index contributed by atoms with van der Waals surface area (Å²) in [5, 5.41) is 1.79. The van der Waals surface area contributed by atoms with E-state index in [1.54, 1.807) is 5.01 Å². The third-order valence-electron chi connectivity index (χ3n) is 3.47. The van der Waals surface area contributed by atoms with Crippen LogP contribution in [-0.2, 0) is 7.05 Å². The Bertz CT molecular complexity index is 601. The van der Waals surface area contributed by atoms with Gasteiger partial charge in [0.1, 0.15) is 18.6 Å². The van der Waals surface area contributed by atoms with Crippen molar-refractivity contribution in [2.75, 3.05) is 31.1 Å². The van der Waals surface area contributed by atoms with E-state index in [2.05, 4.69) is 33.0 Å². The van der Waals surface area contributed by atoms with Crippen LogP contribution in [0.2, 0.25) is 0 Å². The molecule has 2 aromatic rings. The lowest BCUT2D eigenvalue weighted by atomic mass is 10.2. The fraction of sp³-hybridized carbons (Fsp3) is 0.385. The molecule has 3 rings (SSSR count). The third kappa shape index (κ3) is 1.66. The van der Waals surface area contributed by atoms with E-state index < -0.39 is 0 Å². The number of anilines is 1. The molecule has 18 heavy (non-hydrogen) atoms. The molecule has 2 heterocycles. The van der Waals surface area contributed by atoms with Gasteiger partial charge in [-0.05, 0) is 12.1 Å². The Labute approximate surface area is 106 Å². The second-order valence-corrected chi connectivity index (χ2v) is 4.54. The van der Waals surface area contributed by atoms with Gasteiger partial charge in [-0.25, -0.2) is 4.98 Å². The molecule has 0 atom stereocenters. The van der Waals surface area contributed by atoms with Crippen LogP contribution in [0, 0.1) is 6.57 Å². The van der Waals surface area contributed by atoms with Crippen LogP contribution in [0.15, 0.2) is 24.5 Å². The molecule has 1 aromatic carbocycles. The Kier molecular flexibility index (Phi) is 2.56. The van der Waals surface area contributed by atoms with Crippen LogP contribution in [0.5, 0.6) is 0 Å². The molecule has 5 nitrogen and oxygen atoms in total. The second-order valence-electron chi connectivity index (χ2n) is 4.54. The average Bonchev–Trinajstić information content (AvgIpc) is 2.81. The number of aromatic nitrogens is 2. The van der Waals surface area contributed by atoms with Gasteiger partial charge < -0.3 is 9.47 Å². The van der Waals surface area contributed by atoms with Crippen molar-refractivity contribution in [2.45, 2.75) is 0 Å². The van der Waals surface area contributed by atoms with Crippen molar-refractivity contribution in [3.8, 4) is 0 Å². The molecule has 92 valence electrons. The van der Waals surface area contributed by atoms with Crippen LogP contribution < -0.4 is 4.90 Å². The molecule has 0 radical (unpaired) electrons. The molecule has 1 fully saturated rings. The number of hydrogen-bond acceptors (Lipinski definition) is 3. The highest BCUT2D eigenvalue weighted by atomic mass is 15.5. The van der Waals surface area contributed by atoms with Gasteiger partial charge in [-0.3, -0.25) is 0 Å². The number of imidazole rings is 1. The molecular formula is C13H15N5. The number of nitrogens with zero attached hydrogens (tertiary/aromatic N) is 5. The van der Waals surface area contributed by atoms with Crippen molar-refractivity contribution in [3.63, 3.8) is 0 Å². The maximum Gasteiger partial charge on any atom is 0.112 e. The molecule has 0 unspecified atom stereocenters. The largest absolute Gasteiger partial charge is 0.366 e. The van der Waals surface area contributed by atoms with Gasteiger partial charge in [-0.15, -0.1) is 5.01 Å². The zero-order valence-corrected chi connectivity index (χ0v) is 10.4. The summed E-state index contributed by atoms with van der Waals surface area (Å²) >= 11 is 0. The minimum absolute atomic E-state index is 0.798. The molecule has 0 amide bonds. The Morgan fingerprint density at radius 2 is 2.00 bits per heavy atom. The minimum atomic E-state index is 0.798. The molecular weight excluding hydrogens is 226 g/mol. The molecule has 1 aliphatic heterocycles. The molecule has 0 saturated carbocycles. The molecule has 0 spiro atoms. The molecule has 0 bridgehead atoms. The first-order chi connectivity index (χ1) is 8.79. The van der Waals surface area contributed by atoms with Gasteiger partial charge >= 0.3 is 0 Å². The first-order valence-electron chi connectivity index (χ1n) is 6.07. The lowest BCUT2D eigenvalue weighted by Gasteiger charge is -2.30. The summed E-state index contributed by atoms with van der Waals surface area (Å²) in [5.74, 6) is 0. The van der Waals surface area contributed by atoms with Crippen molar-refractivity contribution in [2.24, 2.45) is 7.05 Å². The Hall–Kier alpha value is -2.22. The molecule has 1 saturated heterocycles.